The van der Waals surface area contributed by atoms with Gasteiger partial charge in [0.1, 0.15) is 17.6 Å². The van der Waals surface area contributed by atoms with E-state index in [1.165, 1.54) is 28.6 Å². The lowest BCUT2D eigenvalue weighted by atomic mass is 9.94. The van der Waals surface area contributed by atoms with Crippen LogP contribution in [0.15, 0.2) is 64.6 Å². The van der Waals surface area contributed by atoms with Gasteiger partial charge in [0.2, 0.25) is 5.91 Å². The van der Waals surface area contributed by atoms with E-state index in [0.717, 1.165) is 32.1 Å². The van der Waals surface area contributed by atoms with Gasteiger partial charge in [0, 0.05) is 11.6 Å². The van der Waals surface area contributed by atoms with Crippen molar-refractivity contribution in [3.05, 3.63) is 82.2 Å². The van der Waals surface area contributed by atoms with Crippen LogP contribution in [0, 0.1) is 5.82 Å². The summed E-state index contributed by atoms with van der Waals surface area (Å²) in [6, 6.07) is 12.0. The Morgan fingerprint density at radius 3 is 2.58 bits per heavy atom. The van der Waals surface area contributed by atoms with Crippen LogP contribution in [-0.2, 0) is 11.3 Å². The zero-order valence-corrected chi connectivity index (χ0v) is 17.9. The molecule has 5 nitrogen and oxygen atoms in total. The van der Waals surface area contributed by atoms with E-state index >= 15 is 0 Å². The van der Waals surface area contributed by atoms with Crippen molar-refractivity contribution in [1.82, 2.24) is 10.2 Å². The summed E-state index contributed by atoms with van der Waals surface area (Å²) in [6.07, 6.45) is 6.58. The molecule has 2 amide bonds. The predicted octanol–water partition coefficient (Wildman–Crippen LogP) is 5.31. The number of nitrogens with zero attached hydrogens (tertiary/aromatic N) is 1. The molecule has 0 radical (unpaired) electrons. The molecule has 0 aliphatic heterocycles. The van der Waals surface area contributed by atoms with Crippen molar-refractivity contribution in [2.24, 2.45) is 0 Å². The van der Waals surface area contributed by atoms with Crippen LogP contribution in [-0.4, -0.2) is 22.8 Å². The summed E-state index contributed by atoms with van der Waals surface area (Å²) in [7, 11) is 0. The molecule has 31 heavy (non-hydrogen) atoms. The lowest BCUT2D eigenvalue weighted by molar-refractivity contribution is -0.127. The third kappa shape index (κ3) is 5.05. The minimum atomic E-state index is -1.11. The number of amides is 2. The van der Waals surface area contributed by atoms with E-state index < -0.39 is 11.9 Å². The molecule has 1 fully saturated rings. The van der Waals surface area contributed by atoms with E-state index in [1.54, 1.807) is 47.8 Å². The first-order chi connectivity index (χ1) is 15.1. The summed E-state index contributed by atoms with van der Waals surface area (Å²) in [4.78, 5) is 28.8. The Hall–Kier alpha value is -2.93. The van der Waals surface area contributed by atoms with Gasteiger partial charge in [-0.1, -0.05) is 43.5 Å². The number of thiophene rings is 1. The average molecular weight is 441 g/mol. The first-order valence-electron chi connectivity index (χ1n) is 10.5. The van der Waals surface area contributed by atoms with Crippen molar-refractivity contribution < 1.29 is 18.4 Å². The molecule has 1 N–H and O–H groups in total. The molecule has 2 heterocycles. The predicted molar refractivity (Wildman–Crippen MR) is 117 cm³/mol. The van der Waals surface area contributed by atoms with Gasteiger partial charge in [-0.2, -0.15) is 0 Å². The fourth-order valence-electron chi connectivity index (χ4n) is 4.07. The lowest BCUT2D eigenvalue weighted by Crippen LogP contribution is -2.47. The second-order valence-electron chi connectivity index (χ2n) is 7.76. The monoisotopic (exact) mass is 440 g/mol. The molecule has 0 bridgehead atoms. The minimum Gasteiger partial charge on any atom is -0.467 e. The van der Waals surface area contributed by atoms with Crippen molar-refractivity contribution >= 4 is 23.2 Å². The van der Waals surface area contributed by atoms with Crippen LogP contribution >= 0.6 is 11.3 Å². The van der Waals surface area contributed by atoms with Crippen molar-refractivity contribution in [2.75, 3.05) is 0 Å². The molecule has 2 aromatic heterocycles. The van der Waals surface area contributed by atoms with E-state index in [1.807, 2.05) is 0 Å². The van der Waals surface area contributed by atoms with Gasteiger partial charge in [-0.05, 0) is 42.5 Å². The molecule has 1 aliphatic rings. The summed E-state index contributed by atoms with van der Waals surface area (Å²) in [5.74, 6) is -0.696. The zero-order chi connectivity index (χ0) is 21.6. The number of carbonyl (C=O) groups is 2. The zero-order valence-electron chi connectivity index (χ0n) is 17.1. The molecule has 3 aromatic rings. The molecule has 1 aromatic carbocycles. The standard InChI is InChI=1S/C24H25FN2O3S/c25-20-12-5-4-11-19(20)22(23(28)26-17-8-2-1-3-9-17)27(16-18-10-6-14-30-18)24(29)21-13-7-15-31-21/h4-7,10-15,17,22H,1-3,8-9,16H2,(H,26,28)/t22-/m1/s1. The Kier molecular flexibility index (Phi) is 6.82. The van der Waals surface area contributed by atoms with Gasteiger partial charge in [0.05, 0.1) is 17.7 Å². The summed E-state index contributed by atoms with van der Waals surface area (Å²) < 4.78 is 20.3. The highest BCUT2D eigenvalue weighted by atomic mass is 32.1. The molecule has 1 atom stereocenters. The van der Waals surface area contributed by atoms with Crippen molar-refractivity contribution in [3.63, 3.8) is 0 Å². The van der Waals surface area contributed by atoms with Gasteiger partial charge in [0.15, 0.2) is 0 Å². The van der Waals surface area contributed by atoms with Crippen LogP contribution < -0.4 is 5.32 Å². The minimum absolute atomic E-state index is 0.0397. The number of carbonyl (C=O) groups excluding carboxylic acids is 2. The van der Waals surface area contributed by atoms with Gasteiger partial charge >= 0.3 is 0 Å². The van der Waals surface area contributed by atoms with Crippen LogP contribution in [0.1, 0.15) is 59.1 Å². The third-order valence-corrected chi connectivity index (χ3v) is 6.47. The highest BCUT2D eigenvalue weighted by Gasteiger charge is 2.35. The molecular formula is C24H25FN2O3S. The highest BCUT2D eigenvalue weighted by Crippen LogP contribution is 2.29. The van der Waals surface area contributed by atoms with Crippen LogP contribution in [0.25, 0.3) is 0 Å². The molecule has 0 unspecified atom stereocenters. The van der Waals surface area contributed by atoms with E-state index in [-0.39, 0.29) is 30.0 Å². The summed E-state index contributed by atoms with van der Waals surface area (Å²) in [6.45, 7) is 0.0564. The molecule has 1 aliphatic carbocycles. The molecule has 0 saturated heterocycles. The van der Waals surface area contributed by atoms with Crippen molar-refractivity contribution in [2.45, 2.75) is 50.7 Å². The van der Waals surface area contributed by atoms with Gasteiger partial charge in [-0.15, -0.1) is 11.3 Å². The number of furan rings is 1. The summed E-state index contributed by atoms with van der Waals surface area (Å²) in [5, 5.41) is 4.88. The second kappa shape index (κ2) is 9.92. The van der Waals surface area contributed by atoms with E-state index in [9.17, 15) is 14.0 Å². The number of hydrogen-bond acceptors (Lipinski definition) is 4. The lowest BCUT2D eigenvalue weighted by Gasteiger charge is -2.33. The Morgan fingerprint density at radius 1 is 1.10 bits per heavy atom. The topological polar surface area (TPSA) is 62.6 Å². The molecule has 0 spiro atoms. The first kappa shape index (κ1) is 21.3. The van der Waals surface area contributed by atoms with Gasteiger partial charge in [-0.25, -0.2) is 4.39 Å². The van der Waals surface area contributed by atoms with Crippen LogP contribution in [0.3, 0.4) is 0 Å². The maximum absolute atomic E-state index is 14.9. The molecule has 4 rings (SSSR count). The SMILES string of the molecule is O=C(NC1CCCCC1)[C@@H](c1ccccc1F)N(Cc1ccco1)C(=O)c1cccs1. The number of rotatable bonds is 7. The molecular weight excluding hydrogens is 415 g/mol. The molecule has 162 valence electrons. The number of nitrogens with one attached hydrogen (secondary N) is 1. The number of halogens is 1. The smallest absolute Gasteiger partial charge is 0.265 e. The molecule has 7 heteroatoms. The van der Waals surface area contributed by atoms with Crippen molar-refractivity contribution in [1.29, 1.82) is 0 Å². The summed E-state index contributed by atoms with van der Waals surface area (Å²) in [5.41, 5.74) is 0.173. The van der Waals surface area contributed by atoms with E-state index in [4.69, 9.17) is 4.42 Å². The van der Waals surface area contributed by atoms with E-state index in [0.29, 0.717) is 10.6 Å². The van der Waals surface area contributed by atoms with Crippen molar-refractivity contribution in [3.8, 4) is 0 Å². The maximum atomic E-state index is 14.9. The Labute approximate surface area is 184 Å². The second-order valence-corrected chi connectivity index (χ2v) is 8.70. The largest absolute Gasteiger partial charge is 0.467 e. The summed E-state index contributed by atoms with van der Waals surface area (Å²) >= 11 is 1.29. The van der Waals surface area contributed by atoms with Crippen LogP contribution in [0.4, 0.5) is 4.39 Å². The van der Waals surface area contributed by atoms with Gasteiger partial charge < -0.3 is 14.6 Å². The Morgan fingerprint density at radius 2 is 1.90 bits per heavy atom. The van der Waals surface area contributed by atoms with Crippen LogP contribution in [0.2, 0.25) is 0 Å². The number of hydrogen-bond donors (Lipinski definition) is 1. The normalized spacial score (nSPS) is 15.4. The Balaban J connectivity index is 1.72. The Bertz CT molecular complexity index is 998. The maximum Gasteiger partial charge on any atom is 0.265 e. The highest BCUT2D eigenvalue weighted by molar-refractivity contribution is 7.12. The molecule has 1 saturated carbocycles. The quantitative estimate of drug-likeness (QED) is 0.541. The third-order valence-electron chi connectivity index (χ3n) is 5.61. The van der Waals surface area contributed by atoms with Gasteiger partial charge in [-0.3, -0.25) is 9.59 Å². The number of benzene rings is 1. The first-order valence-corrected chi connectivity index (χ1v) is 11.4. The fraction of sp³-hybridized carbons (Fsp3) is 0.333. The van der Waals surface area contributed by atoms with Gasteiger partial charge in [0.25, 0.3) is 5.91 Å². The van der Waals surface area contributed by atoms with Crippen LogP contribution in [0.5, 0.6) is 0 Å². The van der Waals surface area contributed by atoms with E-state index in [2.05, 4.69) is 5.32 Å². The fourth-order valence-corrected chi connectivity index (χ4v) is 4.75. The average Bonchev–Trinajstić information content (AvgIpc) is 3.49.